The predicted molar refractivity (Wildman–Crippen MR) is 79.0 cm³/mol. The number of aryl methyl sites for hydroxylation is 1. The summed E-state index contributed by atoms with van der Waals surface area (Å²) < 4.78 is 1.82. The van der Waals surface area contributed by atoms with E-state index in [1.165, 1.54) is 11.3 Å². The van der Waals surface area contributed by atoms with Gasteiger partial charge >= 0.3 is 0 Å². The van der Waals surface area contributed by atoms with Crippen LogP contribution in [0.25, 0.3) is 0 Å². The third kappa shape index (κ3) is 5.00. The topological polar surface area (TPSA) is 45.5 Å². The van der Waals surface area contributed by atoms with E-state index >= 15 is 0 Å². The Labute approximate surface area is 114 Å². The molecule has 0 spiro atoms. The Morgan fingerprint density at radius 1 is 1.61 bits per heavy atom. The molecule has 6 heteroatoms. The number of guanidine groups is 1. The molecule has 0 fully saturated rings. The van der Waals surface area contributed by atoms with Gasteiger partial charge < -0.3 is 10.2 Å². The molecule has 1 aromatic heterocycles. The summed E-state index contributed by atoms with van der Waals surface area (Å²) in [6.45, 7) is 1.78. The van der Waals surface area contributed by atoms with E-state index in [1.807, 2.05) is 50.0 Å². The summed E-state index contributed by atoms with van der Waals surface area (Å²) in [6.07, 6.45) is 7.19. The van der Waals surface area contributed by atoms with E-state index in [9.17, 15) is 0 Å². The van der Waals surface area contributed by atoms with E-state index in [0.29, 0.717) is 0 Å². The number of hydrogen-bond acceptors (Lipinski definition) is 3. The third-order valence-corrected chi connectivity index (χ3v) is 3.26. The molecule has 0 aliphatic carbocycles. The van der Waals surface area contributed by atoms with Crippen LogP contribution in [-0.4, -0.2) is 53.3 Å². The van der Waals surface area contributed by atoms with Gasteiger partial charge in [0.15, 0.2) is 5.96 Å². The first-order valence-corrected chi connectivity index (χ1v) is 7.45. The lowest BCUT2D eigenvalue weighted by Gasteiger charge is -2.21. The highest BCUT2D eigenvalue weighted by Crippen LogP contribution is 2.01. The van der Waals surface area contributed by atoms with Gasteiger partial charge in [-0.05, 0) is 18.4 Å². The number of rotatable bonds is 6. The summed E-state index contributed by atoms with van der Waals surface area (Å²) in [5.41, 5.74) is 1.19. The molecule has 0 aliphatic heterocycles. The minimum atomic E-state index is 0.816. The highest BCUT2D eigenvalue weighted by atomic mass is 32.2. The third-order valence-electron chi connectivity index (χ3n) is 2.56. The Morgan fingerprint density at radius 3 is 2.94 bits per heavy atom. The number of hydrogen-bond donors (Lipinski definition) is 1. The minimum Gasteiger partial charge on any atom is -0.356 e. The fourth-order valence-corrected chi connectivity index (χ4v) is 2.14. The highest BCUT2D eigenvalue weighted by Gasteiger charge is 2.06. The van der Waals surface area contributed by atoms with Crippen LogP contribution in [0, 0.1) is 0 Å². The zero-order chi connectivity index (χ0) is 13.4. The molecule has 1 heterocycles. The fraction of sp³-hybridized carbons (Fsp3) is 0.667. The molecule has 1 N–H and O–H groups in total. The first kappa shape index (κ1) is 14.9. The second-order valence-electron chi connectivity index (χ2n) is 4.20. The van der Waals surface area contributed by atoms with Crippen LogP contribution < -0.4 is 5.32 Å². The van der Waals surface area contributed by atoms with E-state index in [-0.39, 0.29) is 0 Å². The van der Waals surface area contributed by atoms with Crippen LogP contribution in [0.15, 0.2) is 17.4 Å². The maximum absolute atomic E-state index is 4.29. The fourth-order valence-electron chi connectivity index (χ4n) is 1.70. The van der Waals surface area contributed by atoms with Crippen LogP contribution >= 0.6 is 11.8 Å². The molecule has 18 heavy (non-hydrogen) atoms. The van der Waals surface area contributed by atoms with Crippen LogP contribution in [0.5, 0.6) is 0 Å². The van der Waals surface area contributed by atoms with Crippen molar-refractivity contribution in [3.8, 4) is 0 Å². The zero-order valence-corrected chi connectivity index (χ0v) is 12.5. The van der Waals surface area contributed by atoms with E-state index in [1.54, 1.807) is 0 Å². The normalized spacial score (nSPS) is 11.7. The highest BCUT2D eigenvalue weighted by molar-refractivity contribution is 7.98. The Kier molecular flexibility index (Phi) is 6.64. The minimum absolute atomic E-state index is 0.816. The van der Waals surface area contributed by atoms with Gasteiger partial charge in [0.1, 0.15) is 0 Å². The van der Waals surface area contributed by atoms with E-state index < -0.39 is 0 Å². The summed E-state index contributed by atoms with van der Waals surface area (Å²) in [7, 11) is 5.78. The van der Waals surface area contributed by atoms with Crippen LogP contribution in [0.3, 0.4) is 0 Å². The molecular weight excluding hydrogens is 246 g/mol. The molecule has 0 radical (unpaired) electrons. The molecule has 0 bridgehead atoms. The van der Waals surface area contributed by atoms with Gasteiger partial charge in [0, 0.05) is 46.0 Å². The lowest BCUT2D eigenvalue weighted by molar-refractivity contribution is 0.476. The summed E-state index contributed by atoms with van der Waals surface area (Å²) in [6, 6.07) is 0. The van der Waals surface area contributed by atoms with Gasteiger partial charge in [-0.1, -0.05) is 0 Å². The van der Waals surface area contributed by atoms with Gasteiger partial charge in [-0.3, -0.25) is 9.67 Å². The second kappa shape index (κ2) is 8.02. The SMILES string of the molecule is CN=C(NCCCSC)N(C)Cc1cnn(C)c1. The maximum Gasteiger partial charge on any atom is 0.193 e. The van der Waals surface area contributed by atoms with Crippen molar-refractivity contribution in [2.75, 3.05) is 32.6 Å². The molecule has 0 saturated carbocycles. The molecule has 102 valence electrons. The molecule has 0 atom stereocenters. The molecule has 5 nitrogen and oxygen atoms in total. The average molecular weight is 269 g/mol. The van der Waals surface area contributed by atoms with Gasteiger partial charge in [-0.15, -0.1) is 0 Å². The van der Waals surface area contributed by atoms with Crippen LogP contribution in [0.4, 0.5) is 0 Å². The molecule has 0 amide bonds. The lowest BCUT2D eigenvalue weighted by Crippen LogP contribution is -2.38. The van der Waals surface area contributed by atoms with Crippen LogP contribution in [0.2, 0.25) is 0 Å². The smallest absolute Gasteiger partial charge is 0.193 e. The predicted octanol–water partition coefficient (Wildman–Crippen LogP) is 1.18. The summed E-state index contributed by atoms with van der Waals surface area (Å²) >= 11 is 1.87. The van der Waals surface area contributed by atoms with Crippen molar-refractivity contribution >= 4 is 17.7 Å². The van der Waals surface area contributed by atoms with Crippen molar-refractivity contribution in [2.24, 2.45) is 12.0 Å². The van der Waals surface area contributed by atoms with Crippen molar-refractivity contribution in [2.45, 2.75) is 13.0 Å². The average Bonchev–Trinajstić information content (AvgIpc) is 2.75. The molecule has 0 unspecified atom stereocenters. The van der Waals surface area contributed by atoms with E-state index in [0.717, 1.165) is 25.5 Å². The summed E-state index contributed by atoms with van der Waals surface area (Å²) in [4.78, 5) is 6.39. The number of aromatic nitrogens is 2. The van der Waals surface area contributed by atoms with Crippen molar-refractivity contribution in [1.29, 1.82) is 0 Å². The Morgan fingerprint density at radius 2 is 2.39 bits per heavy atom. The van der Waals surface area contributed by atoms with Crippen LogP contribution in [0.1, 0.15) is 12.0 Å². The van der Waals surface area contributed by atoms with Gasteiger partial charge in [-0.2, -0.15) is 16.9 Å². The summed E-state index contributed by atoms with van der Waals surface area (Å²) in [5.74, 6) is 2.11. The van der Waals surface area contributed by atoms with Gasteiger partial charge in [0.2, 0.25) is 0 Å². The lowest BCUT2D eigenvalue weighted by atomic mass is 10.3. The largest absolute Gasteiger partial charge is 0.356 e. The van der Waals surface area contributed by atoms with Gasteiger partial charge in [0.25, 0.3) is 0 Å². The van der Waals surface area contributed by atoms with Crippen LogP contribution in [-0.2, 0) is 13.6 Å². The second-order valence-corrected chi connectivity index (χ2v) is 5.18. The first-order chi connectivity index (χ1) is 8.67. The van der Waals surface area contributed by atoms with Crippen molar-refractivity contribution in [3.63, 3.8) is 0 Å². The number of thioether (sulfide) groups is 1. The van der Waals surface area contributed by atoms with Gasteiger partial charge in [0.05, 0.1) is 6.20 Å². The molecule has 0 aliphatic rings. The van der Waals surface area contributed by atoms with E-state index in [4.69, 9.17) is 0 Å². The van der Waals surface area contributed by atoms with Crippen molar-refractivity contribution < 1.29 is 0 Å². The first-order valence-electron chi connectivity index (χ1n) is 6.05. The zero-order valence-electron chi connectivity index (χ0n) is 11.7. The number of nitrogens with one attached hydrogen (secondary N) is 1. The molecule has 0 aromatic carbocycles. The molecule has 0 saturated heterocycles. The Bertz CT molecular complexity index is 374. The number of nitrogens with zero attached hydrogens (tertiary/aromatic N) is 4. The monoisotopic (exact) mass is 269 g/mol. The van der Waals surface area contributed by atoms with Crippen molar-refractivity contribution in [3.05, 3.63) is 18.0 Å². The summed E-state index contributed by atoms with van der Waals surface area (Å²) in [5, 5.41) is 7.53. The van der Waals surface area contributed by atoms with E-state index in [2.05, 4.69) is 26.6 Å². The number of aliphatic imine (C=N–C) groups is 1. The van der Waals surface area contributed by atoms with Gasteiger partial charge in [-0.25, -0.2) is 0 Å². The van der Waals surface area contributed by atoms with Crippen molar-refractivity contribution in [1.82, 2.24) is 20.0 Å². The molecule has 1 aromatic rings. The Hall–Kier alpha value is -1.17. The molecule has 1 rings (SSSR count). The standard InChI is InChI=1S/C12H23N5S/c1-13-12(14-6-5-7-18-4)16(2)9-11-8-15-17(3)10-11/h8,10H,5-7,9H2,1-4H3,(H,13,14). The molecular formula is C12H23N5S. The quantitative estimate of drug-likeness (QED) is 0.478. The maximum atomic E-state index is 4.29. The Balaban J connectivity index is 2.40.